The van der Waals surface area contributed by atoms with E-state index in [0.29, 0.717) is 56.8 Å². The number of non-ortho nitro benzene ring substituents is 1. The maximum absolute atomic E-state index is 13.2. The SMILES string of the molecule is O=C1/C(=C\c2cc([N+](=O)[O-])ccc2N2CCOCC2)SC(=S)N1c1ccc(Cl)cc1Cl. The quantitative estimate of drug-likeness (QED) is 0.251. The van der Waals surface area contributed by atoms with Crippen molar-refractivity contribution in [2.75, 3.05) is 36.1 Å². The number of anilines is 2. The van der Waals surface area contributed by atoms with Crippen molar-refractivity contribution in [3.63, 3.8) is 0 Å². The minimum Gasteiger partial charge on any atom is -0.378 e. The van der Waals surface area contributed by atoms with Crippen LogP contribution in [0.25, 0.3) is 6.08 Å². The average molecular weight is 496 g/mol. The fourth-order valence-electron chi connectivity index (χ4n) is 3.34. The second kappa shape index (κ2) is 9.13. The lowest BCUT2D eigenvalue weighted by Crippen LogP contribution is -2.36. The van der Waals surface area contributed by atoms with E-state index in [2.05, 4.69) is 4.90 Å². The fourth-order valence-corrected chi connectivity index (χ4v) is 5.11. The Morgan fingerprint density at radius 3 is 2.52 bits per heavy atom. The Bertz CT molecular complexity index is 1120. The molecule has 2 saturated heterocycles. The molecule has 0 N–H and O–H groups in total. The summed E-state index contributed by atoms with van der Waals surface area (Å²) in [5.41, 5.74) is 1.74. The predicted molar refractivity (Wildman–Crippen MR) is 128 cm³/mol. The van der Waals surface area contributed by atoms with Crippen LogP contribution in [-0.2, 0) is 9.53 Å². The Balaban J connectivity index is 1.73. The van der Waals surface area contributed by atoms with Crippen LogP contribution in [0.3, 0.4) is 0 Å². The Morgan fingerprint density at radius 2 is 1.84 bits per heavy atom. The second-order valence-electron chi connectivity index (χ2n) is 6.71. The number of morpholine rings is 1. The molecule has 31 heavy (non-hydrogen) atoms. The third-order valence-corrected chi connectivity index (χ3v) is 6.64. The summed E-state index contributed by atoms with van der Waals surface area (Å²) in [6.45, 7) is 2.43. The van der Waals surface area contributed by atoms with E-state index in [1.165, 1.54) is 23.1 Å². The molecule has 0 aromatic heterocycles. The minimum absolute atomic E-state index is 0.0560. The van der Waals surface area contributed by atoms with Crippen molar-refractivity contribution in [1.29, 1.82) is 0 Å². The van der Waals surface area contributed by atoms with Crippen LogP contribution in [0, 0.1) is 10.1 Å². The van der Waals surface area contributed by atoms with E-state index in [0.717, 1.165) is 17.4 Å². The topological polar surface area (TPSA) is 75.9 Å². The second-order valence-corrected chi connectivity index (χ2v) is 9.23. The third-order valence-electron chi connectivity index (χ3n) is 4.80. The number of amides is 1. The number of carbonyl (C=O) groups excluding carboxylic acids is 1. The maximum Gasteiger partial charge on any atom is 0.270 e. The number of nitro benzene ring substituents is 1. The first-order chi connectivity index (χ1) is 14.8. The predicted octanol–water partition coefficient (Wildman–Crippen LogP) is 5.14. The van der Waals surface area contributed by atoms with Crippen LogP contribution in [-0.4, -0.2) is 41.5 Å². The molecule has 2 aliphatic heterocycles. The Hall–Kier alpha value is -2.17. The monoisotopic (exact) mass is 495 g/mol. The highest BCUT2D eigenvalue weighted by atomic mass is 35.5. The zero-order valence-electron chi connectivity index (χ0n) is 15.9. The number of benzene rings is 2. The highest BCUT2D eigenvalue weighted by molar-refractivity contribution is 8.27. The summed E-state index contributed by atoms with van der Waals surface area (Å²) >= 11 is 18.8. The number of hydrogen-bond donors (Lipinski definition) is 0. The van der Waals surface area contributed by atoms with Gasteiger partial charge >= 0.3 is 0 Å². The smallest absolute Gasteiger partial charge is 0.270 e. The molecule has 7 nitrogen and oxygen atoms in total. The number of carbonyl (C=O) groups is 1. The van der Waals surface area contributed by atoms with E-state index in [-0.39, 0.29) is 11.6 Å². The molecule has 0 spiro atoms. The maximum atomic E-state index is 13.2. The first-order valence-electron chi connectivity index (χ1n) is 9.19. The van der Waals surface area contributed by atoms with Crippen LogP contribution in [0.2, 0.25) is 10.0 Å². The largest absolute Gasteiger partial charge is 0.378 e. The molecule has 0 saturated carbocycles. The average Bonchev–Trinajstić information content (AvgIpc) is 3.02. The number of thioether (sulfide) groups is 1. The number of nitro groups is 1. The number of rotatable bonds is 4. The molecular formula is C20H15Cl2N3O4S2. The van der Waals surface area contributed by atoms with Crippen molar-refractivity contribution in [2.24, 2.45) is 0 Å². The molecule has 0 radical (unpaired) electrons. The van der Waals surface area contributed by atoms with Gasteiger partial charge in [-0.15, -0.1) is 0 Å². The van der Waals surface area contributed by atoms with Crippen molar-refractivity contribution in [3.05, 3.63) is 67.0 Å². The molecule has 2 aliphatic rings. The zero-order chi connectivity index (χ0) is 22.1. The molecule has 0 aliphatic carbocycles. The molecule has 1 amide bonds. The van der Waals surface area contributed by atoms with Crippen LogP contribution >= 0.6 is 47.2 Å². The van der Waals surface area contributed by atoms with Gasteiger partial charge in [0.15, 0.2) is 4.32 Å². The van der Waals surface area contributed by atoms with E-state index >= 15 is 0 Å². The molecule has 160 valence electrons. The third kappa shape index (κ3) is 4.56. The molecule has 0 bridgehead atoms. The zero-order valence-corrected chi connectivity index (χ0v) is 19.1. The van der Waals surface area contributed by atoms with E-state index in [1.54, 1.807) is 24.3 Å². The highest BCUT2D eigenvalue weighted by Gasteiger charge is 2.35. The lowest BCUT2D eigenvalue weighted by molar-refractivity contribution is -0.384. The lowest BCUT2D eigenvalue weighted by atomic mass is 10.1. The van der Waals surface area contributed by atoms with Crippen molar-refractivity contribution in [3.8, 4) is 0 Å². The molecule has 4 rings (SSSR count). The van der Waals surface area contributed by atoms with E-state index in [9.17, 15) is 14.9 Å². The van der Waals surface area contributed by atoms with Gasteiger partial charge < -0.3 is 9.64 Å². The molecule has 2 fully saturated rings. The standard InChI is InChI=1S/C20H15Cl2N3O4S2/c21-13-1-3-17(15(22)11-13)24-19(26)18(31-20(24)30)10-12-9-14(25(27)28)2-4-16(12)23-5-7-29-8-6-23/h1-4,9-11H,5-8H2/b18-10+. The first kappa shape index (κ1) is 22.0. The summed E-state index contributed by atoms with van der Waals surface area (Å²) in [5.74, 6) is -0.348. The summed E-state index contributed by atoms with van der Waals surface area (Å²) in [6, 6.07) is 9.42. The van der Waals surface area contributed by atoms with Gasteiger partial charge in [0.1, 0.15) is 0 Å². The van der Waals surface area contributed by atoms with Crippen molar-refractivity contribution >= 4 is 80.5 Å². The summed E-state index contributed by atoms with van der Waals surface area (Å²) in [5, 5.41) is 12.1. The van der Waals surface area contributed by atoms with Gasteiger partial charge in [-0.05, 0) is 30.3 Å². The highest BCUT2D eigenvalue weighted by Crippen LogP contribution is 2.40. The van der Waals surface area contributed by atoms with Gasteiger partial charge in [0.2, 0.25) is 0 Å². The van der Waals surface area contributed by atoms with Crippen LogP contribution in [0.4, 0.5) is 17.1 Å². The Morgan fingerprint density at radius 1 is 1.13 bits per heavy atom. The number of halogens is 2. The summed E-state index contributed by atoms with van der Waals surface area (Å²) in [6.07, 6.45) is 1.64. The van der Waals surface area contributed by atoms with Crippen molar-refractivity contribution in [1.82, 2.24) is 0 Å². The molecular weight excluding hydrogens is 481 g/mol. The Labute approximate surface area is 197 Å². The molecule has 0 unspecified atom stereocenters. The summed E-state index contributed by atoms with van der Waals surface area (Å²) < 4.78 is 5.72. The van der Waals surface area contributed by atoms with Crippen molar-refractivity contribution in [2.45, 2.75) is 0 Å². The molecule has 2 heterocycles. The molecule has 2 aromatic carbocycles. The number of ether oxygens (including phenoxy) is 1. The van der Waals surface area contributed by atoms with Crippen LogP contribution in [0.1, 0.15) is 5.56 Å². The van der Waals surface area contributed by atoms with Gasteiger partial charge in [-0.2, -0.15) is 0 Å². The van der Waals surface area contributed by atoms with Gasteiger partial charge in [-0.25, -0.2) is 0 Å². The number of thiocarbonyl (C=S) groups is 1. The van der Waals surface area contributed by atoms with E-state index < -0.39 is 4.92 Å². The van der Waals surface area contributed by atoms with E-state index in [1.807, 2.05) is 0 Å². The molecule has 11 heteroatoms. The summed E-state index contributed by atoms with van der Waals surface area (Å²) in [4.78, 5) is 27.8. The number of nitrogens with zero attached hydrogens (tertiary/aromatic N) is 3. The van der Waals surface area contributed by atoms with Crippen LogP contribution < -0.4 is 9.80 Å². The number of hydrogen-bond acceptors (Lipinski definition) is 7. The Kier molecular flexibility index (Phi) is 6.49. The molecule has 0 atom stereocenters. The minimum atomic E-state index is -0.459. The van der Waals surface area contributed by atoms with Crippen LogP contribution in [0.5, 0.6) is 0 Å². The van der Waals surface area contributed by atoms with Gasteiger partial charge in [-0.3, -0.25) is 19.8 Å². The van der Waals surface area contributed by atoms with Gasteiger partial charge in [-0.1, -0.05) is 47.2 Å². The van der Waals surface area contributed by atoms with Crippen molar-refractivity contribution < 1.29 is 14.5 Å². The van der Waals surface area contributed by atoms with Gasteiger partial charge in [0.25, 0.3) is 11.6 Å². The first-order valence-corrected chi connectivity index (χ1v) is 11.2. The summed E-state index contributed by atoms with van der Waals surface area (Å²) in [7, 11) is 0. The fraction of sp³-hybridized carbons (Fsp3) is 0.200. The lowest BCUT2D eigenvalue weighted by Gasteiger charge is -2.30. The normalized spacial score (nSPS) is 18.2. The van der Waals surface area contributed by atoms with Gasteiger partial charge in [0, 0.05) is 41.5 Å². The molecule has 2 aromatic rings. The van der Waals surface area contributed by atoms with Crippen LogP contribution in [0.15, 0.2) is 41.3 Å². The van der Waals surface area contributed by atoms with E-state index in [4.69, 9.17) is 40.2 Å². The van der Waals surface area contributed by atoms with Gasteiger partial charge in [0.05, 0.1) is 33.8 Å².